The normalized spacial score (nSPS) is 13.8. The van der Waals surface area contributed by atoms with E-state index in [9.17, 15) is 0 Å². The molecular formula is C16H13N3. The number of pyridine rings is 1. The number of H-pyrrole nitrogens is 1. The molecule has 2 N–H and O–H groups in total. The Morgan fingerprint density at radius 2 is 2.05 bits per heavy atom. The second-order valence-corrected chi connectivity index (χ2v) is 4.76. The van der Waals surface area contributed by atoms with Gasteiger partial charge in [0.15, 0.2) is 0 Å². The van der Waals surface area contributed by atoms with Crippen molar-refractivity contribution in [1.82, 2.24) is 9.97 Å². The fourth-order valence-electron chi connectivity index (χ4n) is 2.53. The van der Waals surface area contributed by atoms with Crippen LogP contribution in [0.4, 0.5) is 5.69 Å². The molecule has 0 radical (unpaired) electrons. The lowest BCUT2D eigenvalue weighted by Crippen LogP contribution is -2.09. The summed E-state index contributed by atoms with van der Waals surface area (Å²) in [5, 5.41) is 4.60. The molecule has 0 fully saturated rings. The number of rotatable bonds is 1. The smallest absolute Gasteiger partial charge is 0.0489 e. The highest BCUT2D eigenvalue weighted by molar-refractivity contribution is 5.93. The Balaban J connectivity index is 1.83. The molecule has 1 aromatic carbocycles. The molecule has 4 rings (SSSR count). The molecule has 3 aromatic rings. The molecular weight excluding hydrogens is 234 g/mol. The molecule has 0 aliphatic carbocycles. The average molecular weight is 247 g/mol. The topological polar surface area (TPSA) is 40.7 Å². The maximum atomic E-state index is 4.15. The summed E-state index contributed by atoms with van der Waals surface area (Å²) in [6, 6.07) is 12.5. The second kappa shape index (κ2) is 3.99. The molecule has 2 aromatic heterocycles. The van der Waals surface area contributed by atoms with Crippen LogP contribution in [0.1, 0.15) is 11.3 Å². The first-order chi connectivity index (χ1) is 9.40. The third-order valence-electron chi connectivity index (χ3n) is 3.53. The Labute approximate surface area is 111 Å². The summed E-state index contributed by atoms with van der Waals surface area (Å²) >= 11 is 0. The lowest BCUT2D eigenvalue weighted by Gasteiger charge is -2.17. The molecule has 3 heterocycles. The predicted molar refractivity (Wildman–Crippen MR) is 78.9 cm³/mol. The molecule has 0 saturated heterocycles. The minimum absolute atomic E-state index is 0.845. The van der Waals surface area contributed by atoms with Crippen LogP contribution in [-0.4, -0.2) is 16.5 Å². The van der Waals surface area contributed by atoms with Crippen molar-refractivity contribution in [1.29, 1.82) is 0 Å². The SMILES string of the molecule is C1=C(c2cc3cnccc3[nH]2)CNc2ccccc21. The van der Waals surface area contributed by atoms with E-state index in [1.807, 2.05) is 18.5 Å². The number of aromatic nitrogens is 2. The number of fused-ring (bicyclic) bond motifs is 2. The summed E-state index contributed by atoms with van der Waals surface area (Å²) in [6.07, 6.45) is 5.94. The van der Waals surface area contributed by atoms with Crippen LogP contribution < -0.4 is 5.32 Å². The number of anilines is 1. The maximum absolute atomic E-state index is 4.15. The number of nitrogens with zero attached hydrogens (tertiary/aromatic N) is 1. The van der Waals surface area contributed by atoms with Crippen LogP contribution in [0, 0.1) is 0 Å². The van der Waals surface area contributed by atoms with Gasteiger partial charge in [-0.2, -0.15) is 0 Å². The van der Waals surface area contributed by atoms with Crippen molar-refractivity contribution in [2.24, 2.45) is 0 Å². The van der Waals surface area contributed by atoms with Crippen LogP contribution in [0.3, 0.4) is 0 Å². The van der Waals surface area contributed by atoms with Crippen molar-refractivity contribution in [2.75, 3.05) is 11.9 Å². The van der Waals surface area contributed by atoms with Crippen molar-refractivity contribution in [3.8, 4) is 0 Å². The van der Waals surface area contributed by atoms with E-state index >= 15 is 0 Å². The summed E-state index contributed by atoms with van der Waals surface area (Å²) in [6.45, 7) is 0.845. The third kappa shape index (κ3) is 1.71. The van der Waals surface area contributed by atoms with Crippen molar-refractivity contribution in [3.05, 3.63) is 60.0 Å². The Morgan fingerprint density at radius 1 is 1.11 bits per heavy atom. The van der Waals surface area contributed by atoms with E-state index in [0.717, 1.165) is 23.1 Å². The lowest BCUT2D eigenvalue weighted by molar-refractivity contribution is 1.28. The van der Waals surface area contributed by atoms with Crippen molar-refractivity contribution in [3.63, 3.8) is 0 Å². The molecule has 3 nitrogen and oxygen atoms in total. The van der Waals surface area contributed by atoms with E-state index < -0.39 is 0 Å². The van der Waals surface area contributed by atoms with Crippen molar-refractivity contribution >= 4 is 28.2 Å². The van der Waals surface area contributed by atoms with Gasteiger partial charge < -0.3 is 10.3 Å². The highest BCUT2D eigenvalue weighted by Crippen LogP contribution is 2.29. The number of hydrogen-bond acceptors (Lipinski definition) is 2. The summed E-state index contributed by atoms with van der Waals surface area (Å²) in [7, 11) is 0. The van der Waals surface area contributed by atoms with Crippen LogP contribution in [0.15, 0.2) is 48.8 Å². The van der Waals surface area contributed by atoms with Gasteiger partial charge in [0.05, 0.1) is 0 Å². The minimum Gasteiger partial charge on any atom is -0.380 e. The minimum atomic E-state index is 0.845. The summed E-state index contributed by atoms with van der Waals surface area (Å²) in [5.41, 5.74) is 5.99. The molecule has 0 unspecified atom stereocenters. The molecule has 1 aliphatic rings. The van der Waals surface area contributed by atoms with Gasteiger partial charge in [-0.15, -0.1) is 0 Å². The van der Waals surface area contributed by atoms with E-state index in [4.69, 9.17) is 0 Å². The largest absolute Gasteiger partial charge is 0.380 e. The van der Waals surface area contributed by atoms with Gasteiger partial charge in [0.25, 0.3) is 0 Å². The third-order valence-corrected chi connectivity index (χ3v) is 3.53. The fourth-order valence-corrected chi connectivity index (χ4v) is 2.53. The standard InChI is InChI=1S/C16H13N3/c1-2-4-14-11(3-1)7-12(10-18-14)16-8-13-9-17-6-5-15(13)19-16/h1-9,18-19H,10H2. The van der Waals surface area contributed by atoms with E-state index in [1.54, 1.807) is 0 Å². The van der Waals surface area contributed by atoms with Crippen LogP contribution in [-0.2, 0) is 0 Å². The molecule has 92 valence electrons. The first-order valence-corrected chi connectivity index (χ1v) is 6.37. The highest BCUT2D eigenvalue weighted by Gasteiger charge is 2.12. The predicted octanol–water partition coefficient (Wildman–Crippen LogP) is 3.53. The Bertz CT molecular complexity index is 750. The molecule has 3 heteroatoms. The van der Waals surface area contributed by atoms with Gasteiger partial charge in [0.1, 0.15) is 0 Å². The monoisotopic (exact) mass is 247 g/mol. The van der Waals surface area contributed by atoms with Crippen LogP contribution in [0.2, 0.25) is 0 Å². The van der Waals surface area contributed by atoms with Gasteiger partial charge in [0, 0.05) is 41.2 Å². The molecule has 1 aliphatic heterocycles. The van der Waals surface area contributed by atoms with Gasteiger partial charge in [-0.05, 0) is 35.4 Å². The van der Waals surface area contributed by atoms with E-state index in [1.165, 1.54) is 16.8 Å². The van der Waals surface area contributed by atoms with Gasteiger partial charge in [-0.1, -0.05) is 18.2 Å². The summed E-state index contributed by atoms with van der Waals surface area (Å²) in [4.78, 5) is 7.60. The quantitative estimate of drug-likeness (QED) is 0.690. The number of nitrogens with one attached hydrogen (secondary N) is 2. The van der Waals surface area contributed by atoms with E-state index in [0.29, 0.717) is 0 Å². The van der Waals surface area contributed by atoms with Gasteiger partial charge in [-0.3, -0.25) is 4.98 Å². The van der Waals surface area contributed by atoms with Crippen LogP contribution in [0.5, 0.6) is 0 Å². The summed E-state index contributed by atoms with van der Waals surface area (Å²) < 4.78 is 0. The molecule has 0 atom stereocenters. The van der Waals surface area contributed by atoms with Gasteiger partial charge in [0.2, 0.25) is 0 Å². The van der Waals surface area contributed by atoms with E-state index in [-0.39, 0.29) is 0 Å². The second-order valence-electron chi connectivity index (χ2n) is 4.76. The zero-order chi connectivity index (χ0) is 12.7. The fraction of sp³-hybridized carbons (Fsp3) is 0.0625. The number of hydrogen-bond donors (Lipinski definition) is 2. The van der Waals surface area contributed by atoms with Crippen molar-refractivity contribution < 1.29 is 0 Å². The molecule has 0 bridgehead atoms. The van der Waals surface area contributed by atoms with Gasteiger partial charge >= 0.3 is 0 Å². The Morgan fingerprint density at radius 3 is 3.00 bits per heavy atom. The lowest BCUT2D eigenvalue weighted by atomic mass is 10.0. The highest BCUT2D eigenvalue weighted by atomic mass is 14.9. The average Bonchev–Trinajstić information content (AvgIpc) is 2.90. The maximum Gasteiger partial charge on any atom is 0.0489 e. The Hall–Kier alpha value is -2.55. The first kappa shape index (κ1) is 10.4. The summed E-state index contributed by atoms with van der Waals surface area (Å²) in [5.74, 6) is 0. The Kier molecular flexibility index (Phi) is 2.18. The zero-order valence-corrected chi connectivity index (χ0v) is 10.4. The first-order valence-electron chi connectivity index (χ1n) is 6.37. The molecule has 0 spiro atoms. The number of benzene rings is 1. The van der Waals surface area contributed by atoms with E-state index in [2.05, 4.69) is 51.7 Å². The molecule has 0 saturated carbocycles. The number of para-hydroxylation sites is 1. The molecule has 0 amide bonds. The zero-order valence-electron chi connectivity index (χ0n) is 10.4. The van der Waals surface area contributed by atoms with Crippen LogP contribution >= 0.6 is 0 Å². The van der Waals surface area contributed by atoms with Crippen LogP contribution in [0.25, 0.3) is 22.6 Å². The van der Waals surface area contributed by atoms with Gasteiger partial charge in [-0.25, -0.2) is 0 Å². The van der Waals surface area contributed by atoms with Crippen molar-refractivity contribution in [2.45, 2.75) is 0 Å². The number of aromatic amines is 1. The molecule has 19 heavy (non-hydrogen) atoms.